The topological polar surface area (TPSA) is 61.4 Å². The smallest absolute Gasteiger partial charge is 0.241 e. The third-order valence-corrected chi connectivity index (χ3v) is 5.87. The molecule has 0 spiro atoms. The van der Waals surface area contributed by atoms with Crippen LogP contribution in [0.3, 0.4) is 0 Å². The number of nitrogens with zero attached hydrogens (tertiary/aromatic N) is 1. The molecule has 154 valence electrons. The van der Waals surface area contributed by atoms with Gasteiger partial charge in [0.15, 0.2) is 0 Å². The molecule has 1 saturated heterocycles. The van der Waals surface area contributed by atoms with Gasteiger partial charge in [-0.25, -0.2) is 0 Å². The molecule has 5 nitrogen and oxygen atoms in total. The van der Waals surface area contributed by atoms with Crippen LogP contribution in [0.1, 0.15) is 25.3 Å². The van der Waals surface area contributed by atoms with E-state index in [-0.39, 0.29) is 23.8 Å². The van der Waals surface area contributed by atoms with Gasteiger partial charge in [0.1, 0.15) is 0 Å². The number of amides is 2. The molecule has 1 atom stereocenters. The number of hydrogen-bond donors (Lipinski definition) is 2. The van der Waals surface area contributed by atoms with Crippen molar-refractivity contribution in [3.05, 3.63) is 64.1 Å². The Labute approximate surface area is 181 Å². The Kier molecular flexibility index (Phi) is 7.53. The summed E-state index contributed by atoms with van der Waals surface area (Å²) in [4.78, 5) is 27.2. The summed E-state index contributed by atoms with van der Waals surface area (Å²) in [5, 5.41) is 6.80. The molecule has 1 aliphatic heterocycles. The molecule has 1 heterocycles. The van der Waals surface area contributed by atoms with Crippen LogP contribution in [0, 0.1) is 5.92 Å². The van der Waals surface area contributed by atoms with Crippen molar-refractivity contribution in [3.63, 3.8) is 0 Å². The van der Waals surface area contributed by atoms with Crippen molar-refractivity contribution in [2.45, 2.75) is 32.4 Å². The van der Waals surface area contributed by atoms with Crippen molar-refractivity contribution in [2.24, 2.45) is 5.92 Å². The summed E-state index contributed by atoms with van der Waals surface area (Å²) in [6.45, 7) is 3.81. The van der Waals surface area contributed by atoms with Gasteiger partial charge in [-0.1, -0.05) is 53.5 Å². The van der Waals surface area contributed by atoms with Crippen LogP contribution >= 0.6 is 23.2 Å². The van der Waals surface area contributed by atoms with Gasteiger partial charge >= 0.3 is 0 Å². The second kappa shape index (κ2) is 10.1. The highest BCUT2D eigenvalue weighted by atomic mass is 35.5. The van der Waals surface area contributed by atoms with Gasteiger partial charge in [-0.15, -0.1) is 0 Å². The molecule has 1 fully saturated rings. The van der Waals surface area contributed by atoms with E-state index in [0.29, 0.717) is 35.4 Å². The molecule has 0 aliphatic carbocycles. The number of carbonyl (C=O) groups is 2. The zero-order valence-corrected chi connectivity index (χ0v) is 17.8. The van der Waals surface area contributed by atoms with Crippen LogP contribution in [0.5, 0.6) is 0 Å². The van der Waals surface area contributed by atoms with Crippen LogP contribution < -0.4 is 10.6 Å². The summed E-state index contributed by atoms with van der Waals surface area (Å²) >= 11 is 12.0. The fourth-order valence-corrected chi connectivity index (χ4v) is 3.93. The van der Waals surface area contributed by atoms with Crippen LogP contribution in [0.25, 0.3) is 0 Å². The monoisotopic (exact) mass is 433 g/mol. The molecule has 0 unspecified atom stereocenters. The standard InChI is InChI=1S/C22H25Cl2N3O2/c1-15(21(28)26-20-8-7-18(23)13-19(20)24)27-11-9-17(10-12-27)22(29)25-14-16-5-3-2-4-6-16/h2-8,13,15,17H,9-12,14H2,1H3,(H,25,29)(H,26,28)/t15-/m1/s1. The molecule has 2 amide bonds. The SMILES string of the molecule is C[C@H](C(=O)Nc1ccc(Cl)cc1Cl)N1CCC(C(=O)NCc2ccccc2)CC1. The molecule has 0 saturated carbocycles. The Bertz CT molecular complexity index is 852. The predicted molar refractivity (Wildman–Crippen MR) is 117 cm³/mol. The Morgan fingerprint density at radius 2 is 1.79 bits per heavy atom. The Morgan fingerprint density at radius 3 is 2.45 bits per heavy atom. The van der Waals surface area contributed by atoms with E-state index in [2.05, 4.69) is 15.5 Å². The van der Waals surface area contributed by atoms with E-state index < -0.39 is 0 Å². The third-order valence-electron chi connectivity index (χ3n) is 5.33. The van der Waals surface area contributed by atoms with Crippen molar-refractivity contribution < 1.29 is 9.59 Å². The van der Waals surface area contributed by atoms with Crippen LogP contribution in [0.2, 0.25) is 10.0 Å². The fourth-order valence-electron chi connectivity index (χ4n) is 3.47. The third kappa shape index (κ3) is 5.95. The number of rotatable bonds is 6. The quantitative estimate of drug-likeness (QED) is 0.711. The minimum Gasteiger partial charge on any atom is -0.352 e. The minimum atomic E-state index is -0.310. The summed E-state index contributed by atoms with van der Waals surface area (Å²) in [7, 11) is 0. The number of carbonyl (C=O) groups excluding carboxylic acids is 2. The summed E-state index contributed by atoms with van der Waals surface area (Å²) in [5.74, 6) is -0.0595. The van der Waals surface area contributed by atoms with E-state index >= 15 is 0 Å². The van der Waals surface area contributed by atoms with Gasteiger partial charge in [0, 0.05) is 17.5 Å². The summed E-state index contributed by atoms with van der Waals surface area (Å²) in [6, 6.07) is 14.5. The maximum Gasteiger partial charge on any atom is 0.241 e. The first-order chi connectivity index (χ1) is 13.9. The second-order valence-corrected chi connectivity index (χ2v) is 8.15. The maximum absolute atomic E-state index is 12.6. The highest BCUT2D eigenvalue weighted by molar-refractivity contribution is 6.36. The number of piperidine rings is 1. The molecule has 0 aromatic heterocycles. The first-order valence-electron chi connectivity index (χ1n) is 9.75. The lowest BCUT2D eigenvalue weighted by atomic mass is 9.94. The number of anilines is 1. The molecule has 2 aromatic carbocycles. The van der Waals surface area contributed by atoms with Gasteiger partial charge < -0.3 is 10.6 Å². The molecule has 29 heavy (non-hydrogen) atoms. The highest BCUT2D eigenvalue weighted by Gasteiger charge is 2.29. The van der Waals surface area contributed by atoms with Gasteiger partial charge in [0.25, 0.3) is 0 Å². The van der Waals surface area contributed by atoms with Crippen LogP contribution in [-0.2, 0) is 16.1 Å². The van der Waals surface area contributed by atoms with Crippen molar-refractivity contribution in [2.75, 3.05) is 18.4 Å². The average molecular weight is 434 g/mol. The van der Waals surface area contributed by atoms with Crippen molar-refractivity contribution in [3.8, 4) is 0 Å². The molecular weight excluding hydrogens is 409 g/mol. The normalized spacial score (nSPS) is 16.2. The largest absolute Gasteiger partial charge is 0.352 e. The van der Waals surface area contributed by atoms with Gasteiger partial charge in [0.2, 0.25) is 11.8 Å². The molecule has 1 aliphatic rings. The average Bonchev–Trinajstić information content (AvgIpc) is 2.74. The first kappa shape index (κ1) is 21.6. The zero-order valence-electron chi connectivity index (χ0n) is 16.3. The summed E-state index contributed by atoms with van der Waals surface area (Å²) < 4.78 is 0. The van der Waals surface area contributed by atoms with E-state index in [4.69, 9.17) is 23.2 Å². The number of halogens is 2. The van der Waals surface area contributed by atoms with Gasteiger partial charge in [-0.2, -0.15) is 0 Å². The molecule has 2 aromatic rings. The van der Waals surface area contributed by atoms with E-state index in [1.54, 1.807) is 18.2 Å². The molecule has 0 radical (unpaired) electrons. The summed E-state index contributed by atoms with van der Waals surface area (Å²) in [6.07, 6.45) is 1.47. The lowest BCUT2D eigenvalue weighted by molar-refractivity contribution is -0.127. The first-order valence-corrected chi connectivity index (χ1v) is 10.5. The predicted octanol–water partition coefficient (Wildman–Crippen LogP) is 4.35. The number of benzene rings is 2. The summed E-state index contributed by atoms with van der Waals surface area (Å²) in [5.41, 5.74) is 1.63. The van der Waals surface area contributed by atoms with Crippen molar-refractivity contribution in [1.82, 2.24) is 10.2 Å². The van der Waals surface area contributed by atoms with Gasteiger partial charge in [-0.3, -0.25) is 14.5 Å². The van der Waals surface area contributed by atoms with Crippen LogP contribution in [0.4, 0.5) is 5.69 Å². The van der Waals surface area contributed by atoms with Gasteiger partial charge in [-0.05, 0) is 56.6 Å². The molecule has 0 bridgehead atoms. The number of likely N-dealkylation sites (tertiary alicyclic amines) is 1. The maximum atomic E-state index is 12.6. The molecule has 7 heteroatoms. The van der Waals surface area contributed by atoms with E-state index in [0.717, 1.165) is 18.4 Å². The Morgan fingerprint density at radius 1 is 1.10 bits per heavy atom. The second-order valence-electron chi connectivity index (χ2n) is 7.30. The van der Waals surface area contributed by atoms with Crippen LogP contribution in [0.15, 0.2) is 48.5 Å². The van der Waals surface area contributed by atoms with E-state index in [1.165, 1.54) is 0 Å². The lowest BCUT2D eigenvalue weighted by Gasteiger charge is -2.34. The van der Waals surface area contributed by atoms with Crippen molar-refractivity contribution in [1.29, 1.82) is 0 Å². The molecule has 2 N–H and O–H groups in total. The number of hydrogen-bond acceptors (Lipinski definition) is 3. The zero-order chi connectivity index (χ0) is 20.8. The minimum absolute atomic E-state index is 0.0177. The highest BCUT2D eigenvalue weighted by Crippen LogP contribution is 2.26. The molecular formula is C22H25Cl2N3O2. The van der Waals surface area contributed by atoms with Crippen molar-refractivity contribution >= 4 is 40.7 Å². The van der Waals surface area contributed by atoms with E-state index in [1.807, 2.05) is 37.3 Å². The Balaban J connectivity index is 1.46. The van der Waals surface area contributed by atoms with E-state index in [9.17, 15) is 9.59 Å². The fraction of sp³-hybridized carbons (Fsp3) is 0.364. The lowest BCUT2D eigenvalue weighted by Crippen LogP contribution is -2.48. The van der Waals surface area contributed by atoms with Gasteiger partial charge in [0.05, 0.1) is 16.8 Å². The number of nitrogens with one attached hydrogen (secondary N) is 2. The van der Waals surface area contributed by atoms with Crippen LogP contribution in [-0.4, -0.2) is 35.8 Å². The molecule has 3 rings (SSSR count). The Hall–Kier alpha value is -2.08.